The van der Waals surface area contributed by atoms with Gasteiger partial charge in [0.05, 0.1) is 17.2 Å². The molecule has 7 nitrogen and oxygen atoms in total. The van der Waals surface area contributed by atoms with Crippen LogP contribution in [0.4, 0.5) is 16.2 Å². The lowest BCUT2D eigenvalue weighted by molar-refractivity contribution is -0.385. The van der Waals surface area contributed by atoms with Gasteiger partial charge in [-0.25, -0.2) is 4.79 Å². The van der Waals surface area contributed by atoms with Gasteiger partial charge in [0.25, 0.3) is 0 Å². The minimum Gasteiger partial charge on any atom is -0.502 e. The van der Waals surface area contributed by atoms with E-state index in [4.69, 9.17) is 5.11 Å². The highest BCUT2D eigenvalue weighted by atomic mass is 16.6. The maximum atomic E-state index is 11.0. The Kier molecular flexibility index (Phi) is 3.65. The van der Waals surface area contributed by atoms with Gasteiger partial charge in [0.15, 0.2) is 5.75 Å². The number of anilines is 1. The summed E-state index contributed by atoms with van der Waals surface area (Å²) in [5, 5.41) is 21.9. The second kappa shape index (κ2) is 4.96. The van der Waals surface area contributed by atoms with Crippen molar-refractivity contribution in [3.63, 3.8) is 0 Å². The van der Waals surface area contributed by atoms with Crippen LogP contribution in [-0.4, -0.2) is 22.7 Å². The first-order chi connectivity index (χ1) is 7.54. The summed E-state index contributed by atoms with van der Waals surface area (Å²) < 4.78 is 4.59. The van der Waals surface area contributed by atoms with Gasteiger partial charge in [-0.15, -0.1) is 0 Å². The van der Waals surface area contributed by atoms with Crippen molar-refractivity contribution < 1.29 is 19.6 Å². The summed E-state index contributed by atoms with van der Waals surface area (Å²) in [6.45, 7) is 1.84. The summed E-state index contributed by atoms with van der Waals surface area (Å²) in [6, 6.07) is 3.51. The smallest absolute Gasteiger partial charge is 0.411 e. The van der Waals surface area contributed by atoms with Crippen LogP contribution in [-0.2, 0) is 4.74 Å². The van der Waals surface area contributed by atoms with Gasteiger partial charge in [-0.05, 0) is 19.1 Å². The molecule has 1 amide bonds. The normalized spacial score (nSPS) is 9.56. The van der Waals surface area contributed by atoms with Crippen LogP contribution in [0, 0.1) is 10.1 Å². The molecule has 16 heavy (non-hydrogen) atoms. The number of amides is 1. The second-order valence-electron chi connectivity index (χ2n) is 2.81. The summed E-state index contributed by atoms with van der Waals surface area (Å²) in [6.07, 6.45) is -0.706. The van der Waals surface area contributed by atoms with Gasteiger partial charge in [0, 0.05) is 6.07 Å². The third kappa shape index (κ3) is 2.84. The van der Waals surface area contributed by atoms with Crippen LogP contribution >= 0.6 is 0 Å². The Hall–Kier alpha value is -2.31. The third-order valence-electron chi connectivity index (χ3n) is 1.69. The second-order valence-corrected chi connectivity index (χ2v) is 2.81. The number of nitro groups is 1. The molecule has 0 aromatic heterocycles. The topological polar surface area (TPSA) is 102 Å². The number of ether oxygens (including phenoxy) is 1. The maximum absolute atomic E-state index is 11.0. The monoisotopic (exact) mass is 226 g/mol. The minimum absolute atomic E-state index is 0.183. The molecule has 7 heteroatoms. The van der Waals surface area contributed by atoms with E-state index in [1.54, 1.807) is 6.92 Å². The Labute approximate surface area is 90.8 Å². The first kappa shape index (κ1) is 11.8. The Balaban J connectivity index is 2.87. The van der Waals surface area contributed by atoms with Gasteiger partial charge in [-0.3, -0.25) is 15.4 Å². The number of carbonyl (C=O) groups is 1. The standard InChI is InChI=1S/C9H10N2O5/c1-2-16-9(13)10-6-3-4-8(12)7(5-6)11(14)15/h3-5,12H,2H2,1H3,(H,10,13). The average molecular weight is 226 g/mol. The highest BCUT2D eigenvalue weighted by Crippen LogP contribution is 2.28. The molecular formula is C9H10N2O5. The molecule has 0 unspecified atom stereocenters. The summed E-state index contributed by atoms with van der Waals surface area (Å²) in [7, 11) is 0. The van der Waals surface area contributed by atoms with Crippen molar-refractivity contribution in [2.75, 3.05) is 11.9 Å². The van der Waals surface area contributed by atoms with Crippen LogP contribution in [0.2, 0.25) is 0 Å². The van der Waals surface area contributed by atoms with Crippen molar-refractivity contribution in [1.29, 1.82) is 0 Å². The zero-order valence-corrected chi connectivity index (χ0v) is 8.47. The van der Waals surface area contributed by atoms with Crippen molar-refractivity contribution in [2.45, 2.75) is 6.92 Å². The predicted molar refractivity (Wildman–Crippen MR) is 55.4 cm³/mol. The van der Waals surface area contributed by atoms with Crippen LogP contribution in [0.15, 0.2) is 18.2 Å². The minimum atomic E-state index is -0.744. The highest BCUT2D eigenvalue weighted by molar-refractivity contribution is 5.85. The molecule has 0 heterocycles. The zero-order chi connectivity index (χ0) is 12.1. The van der Waals surface area contributed by atoms with E-state index in [1.807, 2.05) is 0 Å². The average Bonchev–Trinajstić information content (AvgIpc) is 2.21. The van der Waals surface area contributed by atoms with Crippen LogP contribution < -0.4 is 5.32 Å². The summed E-state index contributed by atoms with van der Waals surface area (Å²) >= 11 is 0. The maximum Gasteiger partial charge on any atom is 0.411 e. The number of nitrogens with one attached hydrogen (secondary N) is 1. The molecule has 2 N–H and O–H groups in total. The predicted octanol–water partition coefficient (Wildman–Crippen LogP) is 1.87. The Morgan fingerprint density at radius 2 is 2.31 bits per heavy atom. The highest BCUT2D eigenvalue weighted by Gasteiger charge is 2.14. The quantitative estimate of drug-likeness (QED) is 0.465. The molecular weight excluding hydrogens is 216 g/mol. The molecule has 0 radical (unpaired) electrons. The molecule has 0 aliphatic carbocycles. The third-order valence-corrected chi connectivity index (χ3v) is 1.69. The van der Waals surface area contributed by atoms with Crippen LogP contribution in [0.5, 0.6) is 5.75 Å². The van der Waals surface area contributed by atoms with Gasteiger partial charge in [-0.1, -0.05) is 0 Å². The fourth-order valence-electron chi connectivity index (χ4n) is 1.03. The van der Waals surface area contributed by atoms with E-state index < -0.39 is 22.5 Å². The molecule has 0 aliphatic heterocycles. The molecule has 86 valence electrons. The zero-order valence-electron chi connectivity index (χ0n) is 8.47. The molecule has 0 atom stereocenters. The first-order valence-corrected chi connectivity index (χ1v) is 4.45. The van der Waals surface area contributed by atoms with Gasteiger partial charge in [0.1, 0.15) is 0 Å². The number of benzene rings is 1. The largest absolute Gasteiger partial charge is 0.502 e. The number of phenolic OH excluding ortho intramolecular Hbond substituents is 1. The van der Waals surface area contributed by atoms with E-state index in [0.717, 1.165) is 12.1 Å². The van der Waals surface area contributed by atoms with Gasteiger partial charge in [0.2, 0.25) is 0 Å². The number of nitro benzene ring substituents is 1. The van der Waals surface area contributed by atoms with E-state index in [0.29, 0.717) is 0 Å². The molecule has 0 spiro atoms. The van der Waals surface area contributed by atoms with E-state index in [-0.39, 0.29) is 12.3 Å². The number of rotatable bonds is 3. The van der Waals surface area contributed by atoms with Gasteiger partial charge in [-0.2, -0.15) is 0 Å². The van der Waals surface area contributed by atoms with E-state index in [9.17, 15) is 14.9 Å². The van der Waals surface area contributed by atoms with Crippen LogP contribution in [0.1, 0.15) is 6.92 Å². The fourth-order valence-corrected chi connectivity index (χ4v) is 1.03. The van der Waals surface area contributed by atoms with Crippen LogP contribution in [0.25, 0.3) is 0 Å². The summed E-state index contributed by atoms with van der Waals surface area (Å²) in [5.74, 6) is -0.459. The lowest BCUT2D eigenvalue weighted by Gasteiger charge is -2.05. The lowest BCUT2D eigenvalue weighted by atomic mass is 10.2. The molecule has 1 aromatic carbocycles. The number of nitrogens with zero attached hydrogens (tertiary/aromatic N) is 1. The van der Waals surface area contributed by atoms with Crippen molar-refractivity contribution in [3.8, 4) is 5.75 Å². The fraction of sp³-hybridized carbons (Fsp3) is 0.222. The lowest BCUT2D eigenvalue weighted by Crippen LogP contribution is -2.13. The molecule has 0 fully saturated rings. The van der Waals surface area contributed by atoms with E-state index in [1.165, 1.54) is 6.07 Å². The first-order valence-electron chi connectivity index (χ1n) is 4.45. The number of hydrogen-bond donors (Lipinski definition) is 2. The van der Waals surface area contributed by atoms with E-state index >= 15 is 0 Å². The Bertz CT molecular complexity index is 418. The summed E-state index contributed by atoms with van der Waals surface area (Å²) in [4.78, 5) is 20.8. The molecule has 0 aliphatic rings. The number of aromatic hydroxyl groups is 1. The summed E-state index contributed by atoms with van der Waals surface area (Å²) in [5.41, 5.74) is -0.294. The Morgan fingerprint density at radius 1 is 1.62 bits per heavy atom. The number of phenols is 1. The molecule has 1 aromatic rings. The van der Waals surface area contributed by atoms with Gasteiger partial charge < -0.3 is 9.84 Å². The van der Waals surface area contributed by atoms with Crippen molar-refractivity contribution in [3.05, 3.63) is 28.3 Å². The molecule has 0 saturated carbocycles. The SMILES string of the molecule is CCOC(=O)Nc1ccc(O)c([N+](=O)[O-])c1. The molecule has 1 rings (SSSR count). The van der Waals surface area contributed by atoms with Crippen molar-refractivity contribution in [1.82, 2.24) is 0 Å². The molecule has 0 bridgehead atoms. The van der Waals surface area contributed by atoms with Gasteiger partial charge >= 0.3 is 11.8 Å². The Morgan fingerprint density at radius 3 is 2.88 bits per heavy atom. The van der Waals surface area contributed by atoms with E-state index in [2.05, 4.69) is 10.1 Å². The molecule has 0 saturated heterocycles. The number of carbonyl (C=O) groups excluding carboxylic acids is 1. The van der Waals surface area contributed by atoms with Crippen molar-refractivity contribution in [2.24, 2.45) is 0 Å². The number of hydrogen-bond acceptors (Lipinski definition) is 5. The van der Waals surface area contributed by atoms with Crippen molar-refractivity contribution >= 4 is 17.5 Å². The van der Waals surface area contributed by atoms with Crippen LogP contribution in [0.3, 0.4) is 0 Å².